The summed E-state index contributed by atoms with van der Waals surface area (Å²) >= 11 is 1.33. The van der Waals surface area contributed by atoms with E-state index in [0.29, 0.717) is 23.5 Å². The molecule has 1 aliphatic heterocycles. The zero-order valence-corrected chi connectivity index (χ0v) is 15.0. The van der Waals surface area contributed by atoms with Crippen LogP contribution in [0.25, 0.3) is 11.1 Å². The first-order valence-electron chi connectivity index (χ1n) is 8.58. The van der Waals surface area contributed by atoms with Gasteiger partial charge in [0, 0.05) is 25.5 Å². The fourth-order valence-corrected chi connectivity index (χ4v) is 3.69. The Morgan fingerprint density at radius 1 is 1.27 bits per heavy atom. The van der Waals surface area contributed by atoms with E-state index in [4.69, 9.17) is 4.42 Å². The second-order valence-electron chi connectivity index (χ2n) is 6.08. The maximum absolute atomic E-state index is 12.1. The van der Waals surface area contributed by atoms with Crippen molar-refractivity contribution in [2.75, 3.05) is 23.7 Å². The lowest BCUT2D eigenvalue weighted by molar-refractivity contribution is -0.118. The number of amides is 1. The van der Waals surface area contributed by atoms with Crippen molar-refractivity contribution in [2.24, 2.45) is 0 Å². The normalized spacial score (nSPS) is 16.9. The van der Waals surface area contributed by atoms with Gasteiger partial charge in [-0.1, -0.05) is 23.9 Å². The molecule has 26 heavy (non-hydrogen) atoms. The molecule has 1 aromatic carbocycles. The van der Waals surface area contributed by atoms with Crippen LogP contribution in [0.2, 0.25) is 0 Å². The van der Waals surface area contributed by atoms with E-state index in [1.807, 2.05) is 24.3 Å². The molecule has 1 unspecified atom stereocenters. The van der Waals surface area contributed by atoms with Crippen molar-refractivity contribution in [3.8, 4) is 0 Å². The Kier molecular flexibility index (Phi) is 5.01. The number of nitrogens with zero attached hydrogens (tertiary/aromatic N) is 4. The summed E-state index contributed by atoms with van der Waals surface area (Å²) in [5.74, 6) is 0.284. The maximum atomic E-state index is 12.1. The van der Waals surface area contributed by atoms with E-state index in [1.165, 1.54) is 11.8 Å². The summed E-state index contributed by atoms with van der Waals surface area (Å²) in [6.07, 6.45) is 5.41. The van der Waals surface area contributed by atoms with Crippen LogP contribution in [0.4, 0.5) is 6.01 Å². The Bertz CT molecular complexity index is 852. The molecule has 8 heteroatoms. The molecule has 0 bridgehead atoms. The number of carbonyl (C=O) groups excluding carboxylic acids is 1. The largest absolute Gasteiger partial charge is 0.423 e. The molecule has 0 aliphatic carbocycles. The molecule has 1 saturated heterocycles. The molecule has 4 rings (SSSR count). The number of anilines is 1. The molecule has 0 radical (unpaired) electrons. The molecule has 1 amide bonds. The topological polar surface area (TPSA) is 84.2 Å². The molecular formula is C18H19N5O2S. The number of thioether (sulfide) groups is 1. The molecule has 2 aromatic heterocycles. The van der Waals surface area contributed by atoms with Crippen molar-refractivity contribution in [3.63, 3.8) is 0 Å². The number of hydrogen-bond donors (Lipinski definition) is 1. The van der Waals surface area contributed by atoms with Gasteiger partial charge >= 0.3 is 0 Å². The smallest absolute Gasteiger partial charge is 0.298 e. The highest BCUT2D eigenvalue weighted by Crippen LogP contribution is 2.28. The first kappa shape index (κ1) is 16.8. The fourth-order valence-electron chi connectivity index (χ4n) is 3.06. The van der Waals surface area contributed by atoms with Gasteiger partial charge in [-0.15, -0.1) is 0 Å². The zero-order valence-electron chi connectivity index (χ0n) is 14.2. The van der Waals surface area contributed by atoms with Gasteiger partial charge in [0.25, 0.3) is 6.01 Å². The number of aromatic nitrogens is 3. The quantitative estimate of drug-likeness (QED) is 0.528. The average Bonchev–Trinajstić information content (AvgIpc) is 3.31. The van der Waals surface area contributed by atoms with E-state index < -0.39 is 0 Å². The van der Waals surface area contributed by atoms with E-state index in [9.17, 15) is 4.79 Å². The van der Waals surface area contributed by atoms with E-state index in [1.54, 1.807) is 18.5 Å². The third-order valence-corrected chi connectivity index (χ3v) is 5.19. The molecule has 1 fully saturated rings. The van der Waals surface area contributed by atoms with Crippen LogP contribution in [0.3, 0.4) is 0 Å². The highest BCUT2D eigenvalue weighted by Gasteiger charge is 2.28. The molecule has 134 valence electrons. The third-order valence-electron chi connectivity index (χ3n) is 4.31. The number of benzene rings is 1. The summed E-state index contributed by atoms with van der Waals surface area (Å²) in [5.41, 5.74) is 1.65. The van der Waals surface area contributed by atoms with Crippen molar-refractivity contribution in [1.29, 1.82) is 0 Å². The first-order valence-corrected chi connectivity index (χ1v) is 9.57. The molecule has 1 atom stereocenters. The third kappa shape index (κ3) is 3.80. The molecular weight excluding hydrogens is 350 g/mol. The number of carbonyl (C=O) groups is 1. The standard InChI is InChI=1S/C18H19N5O2S/c24-16(12-26-17-19-8-4-9-20-17)21-11-13-5-3-10-23(13)18-22-14-6-1-2-7-15(14)25-18/h1-2,4,6-9,13H,3,5,10-12H2,(H,21,24). The molecule has 1 N–H and O–H groups in total. The van der Waals surface area contributed by atoms with Crippen LogP contribution in [0.15, 0.2) is 52.3 Å². The van der Waals surface area contributed by atoms with Gasteiger partial charge in [0.05, 0.1) is 11.8 Å². The lowest BCUT2D eigenvalue weighted by Gasteiger charge is -2.22. The van der Waals surface area contributed by atoms with Crippen LogP contribution >= 0.6 is 11.8 Å². The Hall–Kier alpha value is -2.61. The summed E-state index contributed by atoms with van der Waals surface area (Å²) in [6.45, 7) is 1.47. The van der Waals surface area contributed by atoms with Gasteiger partial charge < -0.3 is 14.6 Å². The second-order valence-corrected chi connectivity index (χ2v) is 7.02. The number of hydrogen-bond acceptors (Lipinski definition) is 7. The molecule has 3 heterocycles. The van der Waals surface area contributed by atoms with Crippen LogP contribution in [-0.4, -0.2) is 45.7 Å². The molecule has 0 saturated carbocycles. The van der Waals surface area contributed by atoms with Crippen LogP contribution in [-0.2, 0) is 4.79 Å². The van der Waals surface area contributed by atoms with Gasteiger partial charge in [-0.05, 0) is 31.0 Å². The summed E-state index contributed by atoms with van der Waals surface area (Å²) < 4.78 is 5.88. The van der Waals surface area contributed by atoms with Gasteiger partial charge in [-0.2, -0.15) is 4.98 Å². The summed E-state index contributed by atoms with van der Waals surface area (Å²) in [6, 6.07) is 10.3. The highest BCUT2D eigenvalue weighted by atomic mass is 32.2. The van der Waals surface area contributed by atoms with Crippen molar-refractivity contribution in [2.45, 2.75) is 24.0 Å². The van der Waals surface area contributed by atoms with E-state index >= 15 is 0 Å². The summed E-state index contributed by atoms with van der Waals surface area (Å²) in [7, 11) is 0. The SMILES string of the molecule is O=C(CSc1ncccn1)NCC1CCCN1c1nc2ccccc2o1. The number of para-hydroxylation sites is 2. The Morgan fingerprint density at radius 2 is 2.12 bits per heavy atom. The highest BCUT2D eigenvalue weighted by molar-refractivity contribution is 7.99. The van der Waals surface area contributed by atoms with Gasteiger partial charge in [-0.3, -0.25) is 4.79 Å². The Balaban J connectivity index is 1.33. The van der Waals surface area contributed by atoms with Gasteiger partial charge in [-0.25, -0.2) is 9.97 Å². The second kappa shape index (κ2) is 7.74. The number of nitrogens with one attached hydrogen (secondary N) is 1. The Morgan fingerprint density at radius 3 is 2.96 bits per heavy atom. The summed E-state index contributed by atoms with van der Waals surface area (Å²) in [4.78, 5) is 27.0. The molecule has 7 nitrogen and oxygen atoms in total. The van der Waals surface area contributed by atoms with Crippen molar-refractivity contribution in [3.05, 3.63) is 42.7 Å². The lowest BCUT2D eigenvalue weighted by Crippen LogP contribution is -2.41. The summed E-state index contributed by atoms with van der Waals surface area (Å²) in [5, 5.41) is 3.61. The van der Waals surface area contributed by atoms with Crippen molar-refractivity contribution in [1.82, 2.24) is 20.3 Å². The minimum atomic E-state index is -0.0214. The van der Waals surface area contributed by atoms with Crippen LogP contribution < -0.4 is 10.2 Å². The minimum absolute atomic E-state index is 0.0214. The molecule has 1 aliphatic rings. The minimum Gasteiger partial charge on any atom is -0.423 e. The van der Waals surface area contributed by atoms with Crippen molar-refractivity contribution >= 4 is 34.8 Å². The van der Waals surface area contributed by atoms with Crippen molar-refractivity contribution < 1.29 is 9.21 Å². The average molecular weight is 369 g/mol. The first-order chi connectivity index (χ1) is 12.8. The number of rotatable bonds is 6. The Labute approximate surface area is 155 Å². The predicted molar refractivity (Wildman–Crippen MR) is 100 cm³/mol. The molecule has 3 aromatic rings. The monoisotopic (exact) mass is 369 g/mol. The van der Waals surface area contributed by atoms with Crippen LogP contribution in [0, 0.1) is 0 Å². The van der Waals surface area contributed by atoms with Gasteiger partial charge in [0.15, 0.2) is 10.7 Å². The fraction of sp³-hybridized carbons (Fsp3) is 0.333. The number of oxazole rings is 1. The van der Waals surface area contributed by atoms with Gasteiger partial charge in [0.2, 0.25) is 5.91 Å². The van der Waals surface area contributed by atoms with E-state index in [2.05, 4.69) is 25.2 Å². The van der Waals surface area contributed by atoms with E-state index in [0.717, 1.165) is 30.5 Å². The molecule has 0 spiro atoms. The van der Waals surface area contributed by atoms with Crippen LogP contribution in [0.1, 0.15) is 12.8 Å². The van der Waals surface area contributed by atoms with Gasteiger partial charge in [0.1, 0.15) is 5.52 Å². The maximum Gasteiger partial charge on any atom is 0.298 e. The lowest BCUT2D eigenvalue weighted by atomic mass is 10.2. The predicted octanol–water partition coefficient (Wildman–Crippen LogP) is 2.50. The zero-order chi connectivity index (χ0) is 17.8. The number of fused-ring (bicyclic) bond motifs is 1. The van der Waals surface area contributed by atoms with E-state index in [-0.39, 0.29) is 11.9 Å². The van der Waals surface area contributed by atoms with Crippen LogP contribution in [0.5, 0.6) is 0 Å².